The zero-order chi connectivity index (χ0) is 19.2. The summed E-state index contributed by atoms with van der Waals surface area (Å²) in [5, 5.41) is 6.68. The van der Waals surface area contributed by atoms with E-state index in [0.717, 1.165) is 11.3 Å². The molecule has 1 aromatic heterocycles. The average molecular weight is 372 g/mol. The maximum absolute atomic E-state index is 12.5. The van der Waals surface area contributed by atoms with Gasteiger partial charge in [-0.2, -0.15) is 0 Å². The summed E-state index contributed by atoms with van der Waals surface area (Å²) in [5.74, 6) is 1.51. The molecule has 0 bridgehead atoms. The highest BCUT2D eigenvalue weighted by atomic mass is 16.5. The zero-order valence-corrected chi connectivity index (χ0v) is 15.6. The summed E-state index contributed by atoms with van der Waals surface area (Å²) in [4.78, 5) is 28.3. The van der Waals surface area contributed by atoms with Crippen LogP contribution in [0, 0.1) is 6.92 Å². The Bertz CT molecular complexity index is 797. The molecule has 1 N–H and O–H groups in total. The number of hydrogen-bond donors (Lipinski definition) is 1. The molecule has 0 radical (unpaired) electrons. The van der Waals surface area contributed by atoms with E-state index in [-0.39, 0.29) is 11.9 Å². The number of rotatable bonds is 5. The van der Waals surface area contributed by atoms with Crippen LogP contribution in [0.4, 0.5) is 4.79 Å². The number of piperazine rings is 1. The standard InChI is InChI=1S/C19H24N4O4/c1-14-10-16(21-27-14)13-20-19(25)23-8-6-22(7-9-23)18(24)12-15-4-3-5-17(11-15)26-2/h3-5,10-11H,6-9,12-13H2,1-2H3,(H,20,25). The van der Waals surface area contributed by atoms with Gasteiger partial charge in [-0.05, 0) is 24.6 Å². The quantitative estimate of drug-likeness (QED) is 0.861. The number of carbonyl (C=O) groups excluding carboxylic acids is 2. The monoisotopic (exact) mass is 372 g/mol. The second-order valence-electron chi connectivity index (χ2n) is 6.48. The maximum atomic E-state index is 12.5. The van der Waals surface area contributed by atoms with Crippen LogP contribution in [0.15, 0.2) is 34.9 Å². The molecular weight excluding hydrogens is 348 g/mol. The van der Waals surface area contributed by atoms with Crippen LogP contribution < -0.4 is 10.1 Å². The number of urea groups is 1. The molecule has 3 rings (SSSR count). The molecule has 2 aromatic rings. The first-order valence-corrected chi connectivity index (χ1v) is 8.91. The molecule has 1 aliphatic heterocycles. The van der Waals surface area contributed by atoms with E-state index in [1.165, 1.54) is 0 Å². The van der Waals surface area contributed by atoms with Gasteiger partial charge in [-0.3, -0.25) is 4.79 Å². The Kier molecular flexibility index (Phi) is 5.95. The molecule has 0 unspecified atom stereocenters. The van der Waals surface area contributed by atoms with Crippen molar-refractivity contribution in [3.63, 3.8) is 0 Å². The Labute approximate surface area is 158 Å². The lowest BCUT2D eigenvalue weighted by Gasteiger charge is -2.34. The number of aryl methyl sites for hydroxylation is 1. The molecule has 8 heteroatoms. The minimum absolute atomic E-state index is 0.0568. The summed E-state index contributed by atoms with van der Waals surface area (Å²) in [6.45, 7) is 4.20. The lowest BCUT2D eigenvalue weighted by atomic mass is 10.1. The summed E-state index contributed by atoms with van der Waals surface area (Å²) in [6.07, 6.45) is 0.328. The molecule has 0 aliphatic carbocycles. The number of amides is 3. The smallest absolute Gasteiger partial charge is 0.317 e. The molecule has 1 fully saturated rings. The number of hydrogen-bond acceptors (Lipinski definition) is 5. The highest BCUT2D eigenvalue weighted by Crippen LogP contribution is 2.14. The number of benzene rings is 1. The van der Waals surface area contributed by atoms with E-state index in [2.05, 4.69) is 10.5 Å². The highest BCUT2D eigenvalue weighted by molar-refractivity contribution is 5.79. The van der Waals surface area contributed by atoms with E-state index >= 15 is 0 Å². The van der Waals surface area contributed by atoms with Crippen LogP contribution in [-0.2, 0) is 17.8 Å². The molecule has 1 saturated heterocycles. The van der Waals surface area contributed by atoms with Gasteiger partial charge >= 0.3 is 6.03 Å². The predicted molar refractivity (Wildman–Crippen MR) is 98.3 cm³/mol. The van der Waals surface area contributed by atoms with Crippen LogP contribution in [0.5, 0.6) is 5.75 Å². The van der Waals surface area contributed by atoms with Crippen molar-refractivity contribution in [2.24, 2.45) is 0 Å². The van der Waals surface area contributed by atoms with E-state index in [0.29, 0.717) is 50.6 Å². The minimum Gasteiger partial charge on any atom is -0.497 e. The maximum Gasteiger partial charge on any atom is 0.317 e. The second-order valence-corrected chi connectivity index (χ2v) is 6.48. The number of aromatic nitrogens is 1. The topological polar surface area (TPSA) is 87.9 Å². The van der Waals surface area contributed by atoms with Gasteiger partial charge < -0.3 is 24.4 Å². The van der Waals surface area contributed by atoms with Gasteiger partial charge in [-0.1, -0.05) is 17.3 Å². The molecule has 0 atom stereocenters. The van der Waals surface area contributed by atoms with Crippen molar-refractivity contribution in [3.05, 3.63) is 47.3 Å². The molecule has 8 nitrogen and oxygen atoms in total. The summed E-state index contributed by atoms with van der Waals surface area (Å²) >= 11 is 0. The summed E-state index contributed by atoms with van der Waals surface area (Å²) in [5.41, 5.74) is 1.61. The molecule has 144 valence electrons. The number of nitrogens with zero attached hydrogens (tertiary/aromatic N) is 3. The zero-order valence-electron chi connectivity index (χ0n) is 15.6. The number of carbonyl (C=O) groups is 2. The Balaban J connectivity index is 1.44. The number of methoxy groups -OCH3 is 1. The third-order valence-corrected chi connectivity index (χ3v) is 4.51. The van der Waals surface area contributed by atoms with Crippen molar-refractivity contribution in [3.8, 4) is 5.75 Å². The average Bonchev–Trinajstić information content (AvgIpc) is 3.11. The van der Waals surface area contributed by atoms with Crippen LogP contribution in [0.3, 0.4) is 0 Å². The van der Waals surface area contributed by atoms with Gasteiger partial charge in [0.25, 0.3) is 0 Å². The first-order chi connectivity index (χ1) is 13.0. The molecule has 0 saturated carbocycles. The SMILES string of the molecule is COc1cccc(CC(=O)N2CCN(C(=O)NCc3cc(C)on3)CC2)c1. The fraction of sp³-hybridized carbons (Fsp3) is 0.421. The van der Waals surface area contributed by atoms with E-state index in [1.807, 2.05) is 24.3 Å². The number of nitrogens with one attached hydrogen (secondary N) is 1. The van der Waals surface area contributed by atoms with Crippen molar-refractivity contribution in [1.29, 1.82) is 0 Å². The number of ether oxygens (including phenoxy) is 1. The molecule has 3 amide bonds. The van der Waals surface area contributed by atoms with Gasteiger partial charge in [0.15, 0.2) is 0 Å². The van der Waals surface area contributed by atoms with Crippen molar-refractivity contribution < 1.29 is 18.8 Å². The fourth-order valence-corrected chi connectivity index (χ4v) is 3.01. The molecule has 1 aromatic carbocycles. The lowest BCUT2D eigenvalue weighted by molar-refractivity contribution is -0.131. The Morgan fingerprint density at radius 3 is 2.59 bits per heavy atom. The van der Waals surface area contributed by atoms with Crippen LogP contribution in [-0.4, -0.2) is 60.2 Å². The highest BCUT2D eigenvalue weighted by Gasteiger charge is 2.24. The van der Waals surface area contributed by atoms with Gasteiger partial charge in [0.1, 0.15) is 17.2 Å². The van der Waals surface area contributed by atoms with E-state index in [9.17, 15) is 9.59 Å². The Morgan fingerprint density at radius 2 is 1.93 bits per heavy atom. The van der Waals surface area contributed by atoms with Crippen molar-refractivity contribution in [2.45, 2.75) is 19.9 Å². The van der Waals surface area contributed by atoms with Crippen molar-refractivity contribution in [1.82, 2.24) is 20.3 Å². The van der Waals surface area contributed by atoms with Gasteiger partial charge in [0.05, 0.1) is 20.1 Å². The Hall–Kier alpha value is -3.03. The van der Waals surface area contributed by atoms with Gasteiger partial charge in [-0.15, -0.1) is 0 Å². The Morgan fingerprint density at radius 1 is 1.19 bits per heavy atom. The van der Waals surface area contributed by atoms with E-state index in [4.69, 9.17) is 9.26 Å². The first-order valence-electron chi connectivity index (χ1n) is 8.91. The van der Waals surface area contributed by atoms with E-state index in [1.54, 1.807) is 29.9 Å². The van der Waals surface area contributed by atoms with Crippen molar-refractivity contribution >= 4 is 11.9 Å². The van der Waals surface area contributed by atoms with Crippen LogP contribution in [0.1, 0.15) is 17.0 Å². The van der Waals surface area contributed by atoms with Crippen LogP contribution in [0.25, 0.3) is 0 Å². The predicted octanol–water partition coefficient (Wildman–Crippen LogP) is 1.59. The third kappa shape index (κ3) is 4.99. The third-order valence-electron chi connectivity index (χ3n) is 4.51. The summed E-state index contributed by atoms with van der Waals surface area (Å²) in [6, 6.07) is 9.14. The van der Waals surface area contributed by atoms with Crippen molar-refractivity contribution in [2.75, 3.05) is 33.3 Å². The minimum atomic E-state index is -0.157. The molecule has 0 spiro atoms. The summed E-state index contributed by atoms with van der Waals surface area (Å²) in [7, 11) is 1.61. The van der Waals surface area contributed by atoms with E-state index < -0.39 is 0 Å². The second kappa shape index (κ2) is 8.57. The normalized spacial score (nSPS) is 14.1. The van der Waals surface area contributed by atoms with Gasteiger partial charge in [0.2, 0.25) is 5.91 Å². The molecule has 1 aliphatic rings. The van der Waals surface area contributed by atoms with Gasteiger partial charge in [-0.25, -0.2) is 4.79 Å². The van der Waals surface area contributed by atoms with Crippen LogP contribution >= 0.6 is 0 Å². The molecule has 2 heterocycles. The first kappa shape index (κ1) is 18.8. The van der Waals surface area contributed by atoms with Gasteiger partial charge in [0, 0.05) is 32.2 Å². The van der Waals surface area contributed by atoms with Crippen LogP contribution in [0.2, 0.25) is 0 Å². The fourth-order valence-electron chi connectivity index (χ4n) is 3.01. The largest absolute Gasteiger partial charge is 0.497 e. The molecule has 27 heavy (non-hydrogen) atoms. The molecular formula is C19H24N4O4. The summed E-state index contributed by atoms with van der Waals surface area (Å²) < 4.78 is 10.2. The lowest BCUT2D eigenvalue weighted by Crippen LogP contribution is -2.53.